The summed E-state index contributed by atoms with van der Waals surface area (Å²) in [5, 5.41) is 0. The van der Waals surface area contributed by atoms with Crippen LogP contribution in [-0.4, -0.2) is 58.2 Å². The van der Waals surface area contributed by atoms with Crippen molar-refractivity contribution in [3.8, 4) is 23.0 Å². The van der Waals surface area contributed by atoms with E-state index in [4.69, 9.17) is 23.7 Å². The predicted octanol–water partition coefficient (Wildman–Crippen LogP) is 2.51. The van der Waals surface area contributed by atoms with Gasteiger partial charge in [-0.3, -0.25) is 0 Å². The van der Waals surface area contributed by atoms with Gasteiger partial charge in [-0.2, -0.15) is 4.79 Å². The molecule has 3 rings (SSSR count). The smallest absolute Gasteiger partial charge is 0.517 e. The number of quaternary nitrogens is 1. The summed E-state index contributed by atoms with van der Waals surface area (Å²) >= 11 is 0. The topological polar surface area (TPSA) is 63.2 Å². The lowest BCUT2D eigenvalue weighted by Crippen LogP contribution is -3.00. The Morgan fingerprint density at radius 1 is 0.917 bits per heavy atom. The molecule has 0 N–H and O–H groups in total. The largest absolute Gasteiger partial charge is 1.00 e. The Kier molecular flexibility index (Phi) is 9.56. The number of hydrogen-bond donors (Lipinski definition) is 0. The van der Waals surface area contributed by atoms with Crippen molar-refractivity contribution in [3.05, 3.63) is 47.0 Å². The van der Waals surface area contributed by atoms with Gasteiger partial charge in [0.15, 0.2) is 23.0 Å². The molecule has 1 heterocycles. The normalized spacial score (nSPS) is 21.0. The van der Waals surface area contributed by atoms with E-state index in [0.29, 0.717) is 42.4 Å². The van der Waals surface area contributed by atoms with Gasteiger partial charge in [0.2, 0.25) is 0 Å². The Morgan fingerprint density at radius 3 is 2.00 bits per heavy atom. The van der Waals surface area contributed by atoms with Gasteiger partial charge in [0.1, 0.15) is 11.1 Å². The van der Waals surface area contributed by atoms with Gasteiger partial charge in [-0.15, -0.1) is 0 Å². The molecular formula is C28H40INO6. The Balaban J connectivity index is 0.00000456. The molecule has 1 aliphatic heterocycles. The Labute approximate surface area is 232 Å². The van der Waals surface area contributed by atoms with Crippen molar-refractivity contribution in [1.82, 2.24) is 0 Å². The lowest BCUT2D eigenvalue weighted by atomic mass is 9.73. The van der Waals surface area contributed by atoms with Crippen LogP contribution >= 0.6 is 0 Å². The highest BCUT2D eigenvalue weighted by atomic mass is 127. The first kappa shape index (κ1) is 30.0. The minimum Gasteiger partial charge on any atom is -1.00 e. The van der Waals surface area contributed by atoms with Crippen molar-refractivity contribution >= 4 is 6.09 Å². The molecule has 0 aliphatic carbocycles. The maximum Gasteiger partial charge on any atom is 0.517 e. The molecule has 0 aromatic heterocycles. The maximum atomic E-state index is 13.9. The molecule has 1 amide bonds. The van der Waals surface area contributed by atoms with Crippen LogP contribution in [0.2, 0.25) is 0 Å². The number of methoxy groups -OCH3 is 4. The molecule has 0 spiro atoms. The molecule has 0 saturated heterocycles. The number of benzene rings is 2. The number of hydrogen-bond acceptors (Lipinski definition) is 6. The fourth-order valence-corrected chi connectivity index (χ4v) is 5.28. The molecule has 0 fully saturated rings. The molecule has 2 atom stereocenters. The van der Waals surface area contributed by atoms with Crippen molar-refractivity contribution in [1.29, 1.82) is 0 Å². The Hall–Kier alpha value is -2.20. The van der Waals surface area contributed by atoms with E-state index in [9.17, 15) is 4.79 Å². The summed E-state index contributed by atoms with van der Waals surface area (Å²) in [5.41, 5.74) is 2.07. The number of fused-ring (bicyclic) bond motifs is 1. The van der Waals surface area contributed by atoms with Gasteiger partial charge < -0.3 is 47.7 Å². The Bertz CT molecular complexity index is 1080. The molecule has 36 heavy (non-hydrogen) atoms. The first-order valence-corrected chi connectivity index (χ1v) is 12.0. The van der Waals surface area contributed by atoms with Gasteiger partial charge in [-0.05, 0) is 56.2 Å². The summed E-state index contributed by atoms with van der Waals surface area (Å²) in [4.78, 5) is 13.9. The van der Waals surface area contributed by atoms with E-state index in [1.165, 1.54) is 0 Å². The second-order valence-electron chi connectivity index (χ2n) is 10.3. The van der Waals surface area contributed by atoms with Crippen LogP contribution in [0.1, 0.15) is 50.8 Å². The molecule has 0 radical (unpaired) electrons. The van der Waals surface area contributed by atoms with Crippen LogP contribution in [0, 0.1) is 0 Å². The molecule has 1 aliphatic rings. The summed E-state index contributed by atoms with van der Waals surface area (Å²) < 4.78 is 28.4. The number of likely N-dealkylation sites (N-methyl/N-ethyl adjacent to an activating group) is 1. The molecule has 7 nitrogen and oxygen atoms in total. The molecule has 2 aromatic rings. The van der Waals surface area contributed by atoms with Gasteiger partial charge in [0.05, 0.1) is 42.0 Å². The molecule has 200 valence electrons. The number of carbonyl (C=O) groups excluding carboxylic acids is 1. The lowest BCUT2D eigenvalue weighted by molar-refractivity contribution is -0.904. The van der Waals surface area contributed by atoms with Crippen LogP contribution in [0.5, 0.6) is 23.0 Å². The standard InChI is InChI=1S/C28H40NO6.HI/c1-10-28(18-19-11-12-22(31-6)23(15-19)32-7)21-17-25(34-9)24(33-8)16-20(21)13-14-29(28,5)26(30)35-27(2,3)4;/h11-12,15-17H,10,13-14,18H2,1-9H3;1H/q+1;/p-1/t28-,29?;/m1./s1. The van der Waals surface area contributed by atoms with Gasteiger partial charge in [-0.1, -0.05) is 13.0 Å². The highest BCUT2D eigenvalue weighted by Crippen LogP contribution is 2.49. The van der Waals surface area contributed by atoms with Crippen molar-refractivity contribution in [2.75, 3.05) is 42.0 Å². The number of nitrogens with zero attached hydrogens (tertiary/aromatic N) is 1. The highest BCUT2D eigenvalue weighted by molar-refractivity contribution is 5.63. The average Bonchev–Trinajstić information content (AvgIpc) is 2.83. The highest BCUT2D eigenvalue weighted by Gasteiger charge is 2.58. The second-order valence-corrected chi connectivity index (χ2v) is 10.3. The minimum absolute atomic E-state index is 0. The summed E-state index contributed by atoms with van der Waals surface area (Å²) in [6.45, 7) is 8.46. The van der Waals surface area contributed by atoms with Gasteiger partial charge >= 0.3 is 6.09 Å². The SMILES string of the molecule is CC[C@@]1(Cc2ccc(OC)c(OC)c2)c2cc(OC)c(OC)cc2CC[N+]1(C)C(=O)OC(C)(C)C.[I-]. The third kappa shape index (κ3) is 5.39. The zero-order valence-corrected chi connectivity index (χ0v) is 25.1. The minimum atomic E-state index is -0.602. The first-order chi connectivity index (χ1) is 16.5. The third-order valence-electron chi connectivity index (χ3n) is 7.21. The molecule has 0 saturated carbocycles. The van der Waals surface area contributed by atoms with Crippen LogP contribution in [0.3, 0.4) is 0 Å². The summed E-state index contributed by atoms with van der Waals surface area (Å²) in [7, 11) is 8.53. The lowest BCUT2D eigenvalue weighted by Gasteiger charge is -2.52. The molecule has 8 heteroatoms. The van der Waals surface area contributed by atoms with E-state index in [1.807, 2.05) is 58.2 Å². The van der Waals surface area contributed by atoms with E-state index in [1.54, 1.807) is 28.4 Å². The second kappa shape index (κ2) is 11.5. The van der Waals surface area contributed by atoms with Gasteiger partial charge in [0, 0.05) is 24.8 Å². The zero-order chi connectivity index (χ0) is 26.0. The van der Waals surface area contributed by atoms with Crippen LogP contribution in [0.15, 0.2) is 30.3 Å². The van der Waals surface area contributed by atoms with Crippen LogP contribution in [0.25, 0.3) is 0 Å². The third-order valence-corrected chi connectivity index (χ3v) is 7.21. The summed E-state index contributed by atoms with van der Waals surface area (Å²) in [6, 6.07) is 10.0. The van der Waals surface area contributed by atoms with Gasteiger partial charge in [0.25, 0.3) is 0 Å². The number of rotatable bonds is 7. The molecule has 1 unspecified atom stereocenters. The van der Waals surface area contributed by atoms with E-state index in [0.717, 1.165) is 23.1 Å². The fourth-order valence-electron chi connectivity index (χ4n) is 5.28. The van der Waals surface area contributed by atoms with E-state index in [2.05, 4.69) is 6.92 Å². The van der Waals surface area contributed by atoms with E-state index >= 15 is 0 Å². The van der Waals surface area contributed by atoms with Crippen molar-refractivity contribution < 1.29 is 56.9 Å². The van der Waals surface area contributed by atoms with E-state index in [-0.39, 0.29) is 34.6 Å². The monoisotopic (exact) mass is 613 g/mol. The molecule has 2 aromatic carbocycles. The average molecular weight is 614 g/mol. The number of ether oxygens (including phenoxy) is 5. The maximum absolute atomic E-state index is 13.9. The summed E-state index contributed by atoms with van der Waals surface area (Å²) in [5.74, 6) is 2.66. The van der Waals surface area contributed by atoms with Gasteiger partial charge in [-0.25, -0.2) is 4.48 Å². The van der Waals surface area contributed by atoms with Crippen molar-refractivity contribution in [3.63, 3.8) is 0 Å². The predicted molar refractivity (Wildman–Crippen MR) is 136 cm³/mol. The van der Waals surface area contributed by atoms with Crippen LogP contribution < -0.4 is 42.9 Å². The fraction of sp³-hybridized carbons (Fsp3) is 0.536. The quantitative estimate of drug-likeness (QED) is 0.354. The Morgan fingerprint density at radius 2 is 1.47 bits per heavy atom. The number of halogens is 1. The molecular weight excluding hydrogens is 573 g/mol. The number of amides is 1. The van der Waals surface area contributed by atoms with Crippen LogP contribution in [-0.2, 0) is 23.1 Å². The van der Waals surface area contributed by atoms with Crippen LogP contribution in [0.4, 0.5) is 4.79 Å². The first-order valence-electron chi connectivity index (χ1n) is 12.0. The number of carbonyl (C=O) groups is 1. The van der Waals surface area contributed by atoms with E-state index < -0.39 is 11.1 Å². The van der Waals surface area contributed by atoms with Crippen molar-refractivity contribution in [2.45, 2.75) is 58.1 Å². The van der Waals surface area contributed by atoms with Crippen molar-refractivity contribution in [2.24, 2.45) is 0 Å². The molecule has 0 bridgehead atoms. The summed E-state index contributed by atoms with van der Waals surface area (Å²) in [6.07, 6.45) is 1.79. The zero-order valence-electron chi connectivity index (χ0n) is 23.0.